The van der Waals surface area contributed by atoms with E-state index < -0.39 is 0 Å². The number of piperidine rings is 1. The third-order valence-corrected chi connectivity index (χ3v) is 4.08. The van der Waals surface area contributed by atoms with E-state index in [0.717, 1.165) is 5.56 Å². The van der Waals surface area contributed by atoms with Gasteiger partial charge in [0.25, 0.3) is 0 Å². The van der Waals surface area contributed by atoms with Crippen LogP contribution in [0.25, 0.3) is 0 Å². The molecule has 1 aliphatic rings. The van der Waals surface area contributed by atoms with Crippen LogP contribution < -0.4 is 10.6 Å². The Bertz CT molecular complexity index is 504. The number of halogens is 1. The zero-order chi connectivity index (χ0) is 15.4. The monoisotopic (exact) mass is 308 g/mol. The van der Waals surface area contributed by atoms with E-state index in [1.807, 2.05) is 24.3 Å². The van der Waals surface area contributed by atoms with Crippen molar-refractivity contribution in [3.63, 3.8) is 0 Å². The maximum absolute atomic E-state index is 12.4. The molecule has 1 fully saturated rings. The fraction of sp³-hybridized carbons (Fsp3) is 0.500. The maximum atomic E-state index is 12.4. The lowest BCUT2D eigenvalue weighted by Crippen LogP contribution is -2.44. The molecule has 0 radical (unpaired) electrons. The molecule has 1 saturated heterocycles. The molecule has 4 nitrogen and oxygen atoms in total. The van der Waals surface area contributed by atoms with Crippen LogP contribution >= 0.6 is 11.6 Å². The fourth-order valence-electron chi connectivity index (χ4n) is 2.53. The Morgan fingerprint density at radius 2 is 2.00 bits per heavy atom. The van der Waals surface area contributed by atoms with Gasteiger partial charge in [-0.05, 0) is 30.0 Å². The van der Waals surface area contributed by atoms with E-state index in [-0.39, 0.29) is 29.7 Å². The SMILES string of the molecule is CC(C)C(NC(=O)C1CCC(=O)NC1)c1ccc(Cl)cc1. The van der Waals surface area contributed by atoms with Gasteiger partial charge in [0.05, 0.1) is 12.0 Å². The average molecular weight is 309 g/mol. The molecule has 114 valence electrons. The molecule has 0 saturated carbocycles. The first-order valence-electron chi connectivity index (χ1n) is 7.30. The highest BCUT2D eigenvalue weighted by atomic mass is 35.5. The summed E-state index contributed by atoms with van der Waals surface area (Å²) in [6.45, 7) is 4.57. The van der Waals surface area contributed by atoms with Crippen molar-refractivity contribution in [1.82, 2.24) is 10.6 Å². The second-order valence-corrected chi connectivity index (χ2v) is 6.26. The molecule has 21 heavy (non-hydrogen) atoms. The average Bonchev–Trinajstić information content (AvgIpc) is 2.46. The Morgan fingerprint density at radius 1 is 1.33 bits per heavy atom. The summed E-state index contributed by atoms with van der Waals surface area (Å²) in [5.74, 6) is 0.158. The topological polar surface area (TPSA) is 58.2 Å². The molecule has 1 aliphatic heterocycles. The van der Waals surface area contributed by atoms with Crippen molar-refractivity contribution in [2.75, 3.05) is 6.54 Å². The summed E-state index contributed by atoms with van der Waals surface area (Å²) in [5, 5.41) is 6.53. The lowest BCUT2D eigenvalue weighted by Gasteiger charge is -2.27. The molecular formula is C16H21ClN2O2. The molecular weight excluding hydrogens is 288 g/mol. The number of carbonyl (C=O) groups excluding carboxylic acids is 2. The molecule has 2 atom stereocenters. The summed E-state index contributed by atoms with van der Waals surface area (Å²) >= 11 is 5.91. The van der Waals surface area contributed by atoms with Gasteiger partial charge >= 0.3 is 0 Å². The van der Waals surface area contributed by atoms with E-state index in [9.17, 15) is 9.59 Å². The quantitative estimate of drug-likeness (QED) is 0.898. The molecule has 1 aromatic rings. The predicted octanol–water partition coefficient (Wildman–Crippen LogP) is 2.68. The Balaban J connectivity index is 2.04. The van der Waals surface area contributed by atoms with Crippen molar-refractivity contribution < 1.29 is 9.59 Å². The number of benzene rings is 1. The largest absolute Gasteiger partial charge is 0.355 e. The molecule has 1 heterocycles. The van der Waals surface area contributed by atoms with Crippen LogP contribution in [0.1, 0.15) is 38.3 Å². The zero-order valence-corrected chi connectivity index (χ0v) is 13.1. The summed E-state index contributed by atoms with van der Waals surface area (Å²) < 4.78 is 0. The molecule has 0 spiro atoms. The van der Waals surface area contributed by atoms with E-state index in [0.29, 0.717) is 24.4 Å². The van der Waals surface area contributed by atoms with Crippen molar-refractivity contribution >= 4 is 23.4 Å². The highest BCUT2D eigenvalue weighted by molar-refractivity contribution is 6.30. The summed E-state index contributed by atoms with van der Waals surface area (Å²) in [6, 6.07) is 7.50. The molecule has 0 bridgehead atoms. The molecule has 2 amide bonds. The number of rotatable bonds is 4. The van der Waals surface area contributed by atoms with E-state index in [1.165, 1.54) is 0 Å². The van der Waals surface area contributed by atoms with Gasteiger partial charge in [-0.25, -0.2) is 0 Å². The van der Waals surface area contributed by atoms with Gasteiger partial charge in [0.2, 0.25) is 11.8 Å². The van der Waals surface area contributed by atoms with Gasteiger partial charge in [0.15, 0.2) is 0 Å². The lowest BCUT2D eigenvalue weighted by atomic mass is 9.93. The fourth-order valence-corrected chi connectivity index (χ4v) is 2.66. The normalized spacial score (nSPS) is 20.0. The zero-order valence-electron chi connectivity index (χ0n) is 12.4. The Hall–Kier alpha value is -1.55. The van der Waals surface area contributed by atoms with Crippen LogP contribution in [0.15, 0.2) is 24.3 Å². The van der Waals surface area contributed by atoms with Gasteiger partial charge in [0.1, 0.15) is 0 Å². The number of carbonyl (C=O) groups is 2. The predicted molar refractivity (Wildman–Crippen MR) is 82.9 cm³/mol. The van der Waals surface area contributed by atoms with Crippen LogP contribution in [-0.2, 0) is 9.59 Å². The first-order chi connectivity index (χ1) is 9.97. The van der Waals surface area contributed by atoms with Gasteiger partial charge in [-0.1, -0.05) is 37.6 Å². The van der Waals surface area contributed by atoms with E-state index in [2.05, 4.69) is 24.5 Å². The van der Waals surface area contributed by atoms with Crippen molar-refractivity contribution in [1.29, 1.82) is 0 Å². The molecule has 5 heteroatoms. The van der Waals surface area contributed by atoms with Crippen molar-refractivity contribution in [2.45, 2.75) is 32.7 Å². The molecule has 1 aromatic carbocycles. The van der Waals surface area contributed by atoms with Crippen molar-refractivity contribution in [3.8, 4) is 0 Å². The van der Waals surface area contributed by atoms with E-state index >= 15 is 0 Å². The first-order valence-corrected chi connectivity index (χ1v) is 7.67. The maximum Gasteiger partial charge on any atom is 0.225 e. The van der Waals surface area contributed by atoms with Gasteiger partial charge in [0, 0.05) is 18.0 Å². The second kappa shape index (κ2) is 6.94. The van der Waals surface area contributed by atoms with Gasteiger partial charge in [-0.2, -0.15) is 0 Å². The summed E-state index contributed by atoms with van der Waals surface area (Å²) in [6.07, 6.45) is 1.04. The molecule has 2 rings (SSSR count). The second-order valence-electron chi connectivity index (χ2n) is 5.82. The molecule has 0 aliphatic carbocycles. The van der Waals surface area contributed by atoms with Gasteiger partial charge < -0.3 is 10.6 Å². The minimum Gasteiger partial charge on any atom is -0.355 e. The van der Waals surface area contributed by atoms with E-state index in [4.69, 9.17) is 11.6 Å². The van der Waals surface area contributed by atoms with Crippen molar-refractivity contribution in [3.05, 3.63) is 34.9 Å². The van der Waals surface area contributed by atoms with E-state index in [1.54, 1.807) is 0 Å². The molecule has 0 aromatic heterocycles. The smallest absolute Gasteiger partial charge is 0.225 e. The standard InChI is InChI=1S/C16H21ClN2O2/c1-10(2)15(11-3-6-13(17)7-4-11)19-16(21)12-5-8-14(20)18-9-12/h3-4,6-7,10,12,15H,5,8-9H2,1-2H3,(H,18,20)(H,19,21). The molecule has 2 N–H and O–H groups in total. The van der Waals surface area contributed by atoms with Gasteiger partial charge in [-0.15, -0.1) is 0 Å². The molecule has 2 unspecified atom stereocenters. The summed E-state index contributed by atoms with van der Waals surface area (Å²) in [4.78, 5) is 23.5. The van der Waals surface area contributed by atoms with Crippen LogP contribution in [-0.4, -0.2) is 18.4 Å². The number of amides is 2. The minimum atomic E-state index is -0.142. The van der Waals surface area contributed by atoms with Crippen LogP contribution in [0.3, 0.4) is 0 Å². The Labute approximate surface area is 130 Å². The summed E-state index contributed by atoms with van der Waals surface area (Å²) in [5.41, 5.74) is 1.04. The highest BCUT2D eigenvalue weighted by Gasteiger charge is 2.27. The number of nitrogens with one attached hydrogen (secondary N) is 2. The minimum absolute atomic E-state index is 0.00338. The van der Waals surface area contributed by atoms with Crippen LogP contribution in [0.4, 0.5) is 0 Å². The first kappa shape index (κ1) is 15.8. The van der Waals surface area contributed by atoms with Crippen LogP contribution in [0, 0.1) is 11.8 Å². The third kappa shape index (κ3) is 4.21. The van der Waals surface area contributed by atoms with Crippen LogP contribution in [0.5, 0.6) is 0 Å². The lowest BCUT2D eigenvalue weighted by molar-refractivity contribution is -0.129. The Kier molecular flexibility index (Phi) is 5.23. The third-order valence-electron chi connectivity index (χ3n) is 3.83. The summed E-state index contributed by atoms with van der Waals surface area (Å²) in [7, 11) is 0. The van der Waals surface area contributed by atoms with Crippen LogP contribution in [0.2, 0.25) is 5.02 Å². The Morgan fingerprint density at radius 3 is 2.52 bits per heavy atom. The van der Waals surface area contributed by atoms with Crippen molar-refractivity contribution in [2.24, 2.45) is 11.8 Å². The highest BCUT2D eigenvalue weighted by Crippen LogP contribution is 2.24. The number of hydrogen-bond donors (Lipinski definition) is 2. The number of hydrogen-bond acceptors (Lipinski definition) is 2. The van der Waals surface area contributed by atoms with Gasteiger partial charge in [-0.3, -0.25) is 9.59 Å².